The highest BCUT2D eigenvalue weighted by atomic mass is 35.5. The van der Waals surface area contributed by atoms with Gasteiger partial charge >= 0.3 is 12.2 Å². The lowest BCUT2D eigenvalue weighted by molar-refractivity contribution is -0.137. The number of amides is 1. The Morgan fingerprint density at radius 1 is 1.17 bits per heavy atom. The molecule has 0 aliphatic carbocycles. The van der Waals surface area contributed by atoms with Gasteiger partial charge in [0.15, 0.2) is 11.6 Å². The molecule has 10 nitrogen and oxygen atoms in total. The standard InChI is InChI=1S/C36H35ClF6N8O2S/c1-18-11-25(44)46-31(28(18)36(41,42)43)27-22(37)12-21-30(29(27)40)47-34(53-17-35-5-2-7-50(35)16-20(38)14-35)48-32(21)49-8-4-24-19(15-49)3-9-51(24)33(52)23(39)13-26-45-6-10-54-26/h6,10-13,19-20,24H,2-5,7-9,14-17H2,1H3,(H2,44,46)/b23-13-/t19?,20?,24?,35-/m1/s1. The molecule has 0 radical (unpaired) electrons. The number of pyridine rings is 1. The Hall–Kier alpha value is -4.22. The van der Waals surface area contributed by atoms with Gasteiger partial charge in [-0.15, -0.1) is 11.3 Å². The van der Waals surface area contributed by atoms with Crippen LogP contribution in [0.5, 0.6) is 6.01 Å². The lowest BCUT2D eigenvalue weighted by atomic mass is 9.92. The Balaban J connectivity index is 1.17. The molecule has 4 aromatic rings. The second-order valence-electron chi connectivity index (χ2n) is 14.4. The first kappa shape index (κ1) is 36.7. The van der Waals surface area contributed by atoms with Gasteiger partial charge in [-0.1, -0.05) is 11.6 Å². The third kappa shape index (κ3) is 6.51. The first-order valence-electron chi connectivity index (χ1n) is 17.6. The number of thiazole rings is 1. The highest BCUT2D eigenvalue weighted by Gasteiger charge is 2.50. The maximum atomic E-state index is 16.9. The molecule has 4 aliphatic rings. The zero-order valence-corrected chi connectivity index (χ0v) is 30.5. The van der Waals surface area contributed by atoms with E-state index >= 15 is 8.78 Å². The van der Waals surface area contributed by atoms with Crippen LogP contribution >= 0.6 is 22.9 Å². The summed E-state index contributed by atoms with van der Waals surface area (Å²) in [5.74, 6) is -2.94. The van der Waals surface area contributed by atoms with Gasteiger partial charge < -0.3 is 20.3 Å². The lowest BCUT2D eigenvalue weighted by Gasteiger charge is -2.38. The summed E-state index contributed by atoms with van der Waals surface area (Å²) in [6.07, 6.45) is -0.520. The SMILES string of the molecule is Cc1cc(N)nc(-c2c(Cl)cc3c(N4CCC5C(CCN5C(=O)/C(F)=C/c5nccs5)C4)nc(OC[C@]45CCCN4CC(F)C5)nc3c2F)c1C(F)(F)F. The lowest BCUT2D eigenvalue weighted by Crippen LogP contribution is -2.48. The summed E-state index contributed by atoms with van der Waals surface area (Å²) in [5.41, 5.74) is 2.06. The van der Waals surface area contributed by atoms with Gasteiger partial charge in [0.05, 0.1) is 27.4 Å². The molecule has 0 spiro atoms. The van der Waals surface area contributed by atoms with E-state index in [1.165, 1.54) is 35.4 Å². The highest BCUT2D eigenvalue weighted by molar-refractivity contribution is 7.10. The van der Waals surface area contributed by atoms with Crippen LogP contribution in [-0.4, -0.2) is 92.7 Å². The van der Waals surface area contributed by atoms with Crippen LogP contribution in [0.1, 0.15) is 48.2 Å². The number of aromatic nitrogens is 4. The van der Waals surface area contributed by atoms with Crippen LogP contribution < -0.4 is 15.4 Å². The van der Waals surface area contributed by atoms with Crippen LogP contribution in [0.3, 0.4) is 0 Å². The summed E-state index contributed by atoms with van der Waals surface area (Å²) < 4.78 is 95.8. The van der Waals surface area contributed by atoms with Crippen molar-refractivity contribution in [2.24, 2.45) is 5.92 Å². The summed E-state index contributed by atoms with van der Waals surface area (Å²) in [6, 6.07) is 1.85. The van der Waals surface area contributed by atoms with Crippen LogP contribution in [0.4, 0.5) is 38.0 Å². The van der Waals surface area contributed by atoms with Crippen molar-refractivity contribution in [1.82, 2.24) is 29.7 Å². The van der Waals surface area contributed by atoms with Crippen LogP contribution in [-0.2, 0) is 11.0 Å². The van der Waals surface area contributed by atoms with Crippen molar-refractivity contribution < 1.29 is 35.9 Å². The Bertz CT molecular complexity index is 2160. The third-order valence-electron chi connectivity index (χ3n) is 11.1. The number of aryl methyl sites for hydroxylation is 1. The number of hydrogen-bond donors (Lipinski definition) is 1. The van der Waals surface area contributed by atoms with E-state index in [9.17, 15) is 22.4 Å². The van der Waals surface area contributed by atoms with Crippen LogP contribution in [0.25, 0.3) is 28.2 Å². The molecule has 8 rings (SSSR count). The zero-order chi connectivity index (χ0) is 38.1. The average molecular weight is 793 g/mol. The maximum absolute atomic E-state index is 16.9. The van der Waals surface area contributed by atoms with Crippen molar-refractivity contribution in [3.63, 3.8) is 0 Å². The molecule has 7 heterocycles. The molecule has 4 fully saturated rings. The molecule has 3 unspecified atom stereocenters. The molecule has 4 aliphatic heterocycles. The van der Waals surface area contributed by atoms with Gasteiger partial charge in [-0.3, -0.25) is 9.69 Å². The molecule has 4 atom stereocenters. The van der Waals surface area contributed by atoms with E-state index in [4.69, 9.17) is 27.1 Å². The van der Waals surface area contributed by atoms with Gasteiger partial charge in [0.2, 0.25) is 0 Å². The number of likely N-dealkylation sites (tertiary alicyclic amines) is 1. The second-order valence-corrected chi connectivity index (χ2v) is 15.8. The minimum Gasteiger partial charge on any atom is -0.461 e. The number of alkyl halides is 4. The van der Waals surface area contributed by atoms with Crippen molar-refractivity contribution in [1.29, 1.82) is 0 Å². The van der Waals surface area contributed by atoms with E-state index in [0.717, 1.165) is 18.6 Å². The number of nitrogens with zero attached hydrogens (tertiary/aromatic N) is 7. The Morgan fingerprint density at radius 3 is 2.74 bits per heavy atom. The first-order valence-corrected chi connectivity index (χ1v) is 18.9. The number of piperidine rings is 1. The number of ether oxygens (including phenoxy) is 1. The number of hydrogen-bond acceptors (Lipinski definition) is 10. The van der Waals surface area contributed by atoms with Crippen molar-refractivity contribution >= 4 is 57.5 Å². The fourth-order valence-corrected chi connectivity index (χ4v) is 9.65. The van der Waals surface area contributed by atoms with Crippen molar-refractivity contribution in [3.05, 3.63) is 56.5 Å². The van der Waals surface area contributed by atoms with Crippen molar-refractivity contribution in [2.45, 2.75) is 63.0 Å². The Labute approximate surface area is 315 Å². The summed E-state index contributed by atoms with van der Waals surface area (Å²) in [6.45, 7) is 3.19. The van der Waals surface area contributed by atoms with Gasteiger partial charge in [0.25, 0.3) is 5.91 Å². The van der Waals surface area contributed by atoms with Gasteiger partial charge in [-0.2, -0.15) is 23.1 Å². The second kappa shape index (κ2) is 13.8. The largest absolute Gasteiger partial charge is 0.461 e. The molecule has 1 amide bonds. The fraction of sp³-hybridized carbons (Fsp3) is 0.472. The Morgan fingerprint density at radius 2 is 1.98 bits per heavy atom. The quantitative estimate of drug-likeness (QED) is 0.153. The fourth-order valence-electron chi connectivity index (χ4n) is 8.81. The summed E-state index contributed by atoms with van der Waals surface area (Å²) in [7, 11) is 0. The molecule has 1 aromatic carbocycles. The first-order chi connectivity index (χ1) is 25.7. The van der Waals surface area contributed by atoms with Crippen molar-refractivity contribution in [3.8, 4) is 17.3 Å². The van der Waals surface area contributed by atoms with Crippen LogP contribution in [0.15, 0.2) is 29.5 Å². The molecule has 3 aromatic heterocycles. The topological polar surface area (TPSA) is 114 Å². The van der Waals surface area contributed by atoms with Crippen LogP contribution in [0, 0.1) is 18.7 Å². The number of carbonyl (C=O) groups excluding carboxylic acids is 1. The van der Waals surface area contributed by atoms with E-state index < -0.39 is 52.3 Å². The average Bonchev–Trinajstić information content (AvgIpc) is 3.90. The van der Waals surface area contributed by atoms with Crippen molar-refractivity contribution in [2.75, 3.05) is 50.0 Å². The molecule has 0 bridgehead atoms. The minimum absolute atomic E-state index is 0.0243. The number of benzene rings is 1. The summed E-state index contributed by atoms with van der Waals surface area (Å²) in [4.78, 5) is 35.6. The molecule has 286 valence electrons. The normalized spacial score (nSPS) is 24.7. The third-order valence-corrected chi connectivity index (χ3v) is 12.2. The number of fused-ring (bicyclic) bond motifs is 3. The molecule has 54 heavy (non-hydrogen) atoms. The molecule has 0 saturated carbocycles. The minimum atomic E-state index is -4.92. The molecule has 2 N–H and O–H groups in total. The number of nitrogen functional groups attached to an aromatic ring is 1. The zero-order valence-electron chi connectivity index (χ0n) is 29.0. The Kier molecular flexibility index (Phi) is 9.40. The van der Waals surface area contributed by atoms with E-state index in [2.05, 4.69) is 15.0 Å². The van der Waals surface area contributed by atoms with E-state index in [1.54, 1.807) is 5.38 Å². The van der Waals surface area contributed by atoms with Crippen LogP contribution in [0.2, 0.25) is 5.02 Å². The molecular formula is C36H35ClF6N8O2S. The number of carbonyl (C=O) groups is 1. The number of nitrogens with two attached hydrogens (primary N) is 1. The maximum Gasteiger partial charge on any atom is 0.418 e. The smallest absolute Gasteiger partial charge is 0.418 e. The predicted molar refractivity (Wildman–Crippen MR) is 192 cm³/mol. The molecular weight excluding hydrogens is 758 g/mol. The van der Waals surface area contributed by atoms with Gasteiger partial charge in [-0.25, -0.2) is 23.1 Å². The number of anilines is 2. The summed E-state index contributed by atoms with van der Waals surface area (Å²) in [5, 5.41) is 1.82. The highest BCUT2D eigenvalue weighted by Crippen LogP contribution is 2.46. The predicted octanol–water partition coefficient (Wildman–Crippen LogP) is 7.24. The van der Waals surface area contributed by atoms with E-state index in [1.807, 2.05) is 9.80 Å². The monoisotopic (exact) mass is 792 g/mol. The summed E-state index contributed by atoms with van der Waals surface area (Å²) >= 11 is 7.85. The molecule has 4 saturated heterocycles. The van der Waals surface area contributed by atoms with E-state index in [-0.39, 0.29) is 70.7 Å². The van der Waals surface area contributed by atoms with Gasteiger partial charge in [-0.05, 0) is 62.8 Å². The van der Waals surface area contributed by atoms with Gasteiger partial charge in [0, 0.05) is 61.7 Å². The number of halogens is 7. The number of rotatable bonds is 7. The molecule has 18 heteroatoms. The van der Waals surface area contributed by atoms with E-state index in [0.29, 0.717) is 50.4 Å². The van der Waals surface area contributed by atoms with Gasteiger partial charge in [0.1, 0.15) is 34.9 Å².